The number of benzene rings is 1. The first kappa shape index (κ1) is 15.6. The molecule has 0 saturated carbocycles. The lowest BCUT2D eigenvalue weighted by Gasteiger charge is -2.03. The van der Waals surface area contributed by atoms with E-state index in [1.807, 2.05) is 12.1 Å². The highest BCUT2D eigenvalue weighted by atomic mass is 79.9. The molecule has 0 aliphatic rings. The van der Waals surface area contributed by atoms with E-state index in [-0.39, 0.29) is 5.82 Å². The Labute approximate surface area is 141 Å². The van der Waals surface area contributed by atoms with Crippen LogP contribution in [0.2, 0.25) is 0 Å². The van der Waals surface area contributed by atoms with Crippen molar-refractivity contribution in [3.05, 3.63) is 58.8 Å². The highest BCUT2D eigenvalue weighted by molar-refractivity contribution is 9.10. The molecule has 0 atom stereocenters. The molecule has 0 bridgehead atoms. The average molecular weight is 377 g/mol. The zero-order valence-electron chi connectivity index (χ0n) is 12.2. The van der Waals surface area contributed by atoms with E-state index in [9.17, 15) is 4.39 Å². The van der Waals surface area contributed by atoms with Gasteiger partial charge in [-0.2, -0.15) is 4.98 Å². The number of hydrogen-bond acceptors (Lipinski definition) is 5. The van der Waals surface area contributed by atoms with Crippen molar-refractivity contribution in [1.29, 1.82) is 0 Å². The molecule has 0 amide bonds. The molecule has 23 heavy (non-hydrogen) atoms. The van der Waals surface area contributed by atoms with Gasteiger partial charge in [-0.1, -0.05) is 5.16 Å². The maximum absolute atomic E-state index is 12.9. The predicted molar refractivity (Wildman–Crippen MR) is 88.4 cm³/mol. The van der Waals surface area contributed by atoms with Crippen molar-refractivity contribution < 1.29 is 8.91 Å². The van der Waals surface area contributed by atoms with Gasteiger partial charge >= 0.3 is 0 Å². The summed E-state index contributed by atoms with van der Waals surface area (Å²) in [6.45, 7) is 0.753. The van der Waals surface area contributed by atoms with Gasteiger partial charge in [0, 0.05) is 29.2 Å². The molecule has 0 aliphatic carbocycles. The summed E-state index contributed by atoms with van der Waals surface area (Å²) in [6.07, 6.45) is 3.25. The average Bonchev–Trinajstić information content (AvgIpc) is 3.03. The quantitative estimate of drug-likeness (QED) is 0.656. The molecule has 0 saturated heterocycles. The lowest BCUT2D eigenvalue weighted by molar-refractivity contribution is 0.377. The van der Waals surface area contributed by atoms with Crippen molar-refractivity contribution in [2.24, 2.45) is 0 Å². The molecule has 0 spiro atoms. The Kier molecular flexibility index (Phi) is 4.97. The van der Waals surface area contributed by atoms with Gasteiger partial charge in [0.15, 0.2) is 0 Å². The molecule has 7 heteroatoms. The number of hydrogen-bond donors (Lipinski definition) is 1. The van der Waals surface area contributed by atoms with E-state index in [4.69, 9.17) is 4.52 Å². The topological polar surface area (TPSA) is 63.8 Å². The standard InChI is InChI=1S/C16H14BrFN4O/c17-12-5-8-14(20-10-12)19-9-1-2-15-21-16(22-23-15)11-3-6-13(18)7-4-11/h3-8,10H,1-2,9H2,(H,19,20). The minimum atomic E-state index is -0.287. The van der Waals surface area contributed by atoms with Gasteiger partial charge in [-0.3, -0.25) is 0 Å². The molecule has 0 aliphatic heterocycles. The molecular weight excluding hydrogens is 363 g/mol. The monoisotopic (exact) mass is 376 g/mol. The SMILES string of the molecule is Fc1ccc(-c2noc(CCCNc3ccc(Br)cn3)n2)cc1. The number of aryl methyl sites for hydroxylation is 1. The molecule has 1 N–H and O–H groups in total. The van der Waals surface area contributed by atoms with Crippen molar-refractivity contribution in [3.8, 4) is 11.4 Å². The maximum Gasteiger partial charge on any atom is 0.227 e. The Balaban J connectivity index is 1.49. The molecule has 3 aromatic rings. The highest BCUT2D eigenvalue weighted by Crippen LogP contribution is 2.16. The summed E-state index contributed by atoms with van der Waals surface area (Å²) in [7, 11) is 0. The summed E-state index contributed by atoms with van der Waals surface area (Å²) in [5.41, 5.74) is 0.735. The van der Waals surface area contributed by atoms with Gasteiger partial charge in [0.25, 0.3) is 0 Å². The molecular formula is C16H14BrFN4O. The lowest BCUT2D eigenvalue weighted by Crippen LogP contribution is -2.04. The third kappa shape index (κ3) is 4.35. The number of rotatable bonds is 6. The molecule has 5 nitrogen and oxygen atoms in total. The number of pyridine rings is 1. The number of anilines is 1. The van der Waals surface area contributed by atoms with Crippen LogP contribution in [-0.2, 0) is 6.42 Å². The largest absolute Gasteiger partial charge is 0.370 e. The minimum Gasteiger partial charge on any atom is -0.370 e. The fourth-order valence-electron chi connectivity index (χ4n) is 2.01. The highest BCUT2D eigenvalue weighted by Gasteiger charge is 2.08. The predicted octanol–water partition coefficient (Wildman–Crippen LogP) is 4.08. The Bertz CT molecular complexity index is 759. The number of nitrogens with one attached hydrogen (secondary N) is 1. The first-order valence-electron chi connectivity index (χ1n) is 7.15. The summed E-state index contributed by atoms with van der Waals surface area (Å²) in [6, 6.07) is 9.85. The van der Waals surface area contributed by atoms with Crippen LogP contribution in [0.4, 0.5) is 10.2 Å². The van der Waals surface area contributed by atoms with E-state index in [1.54, 1.807) is 18.3 Å². The smallest absolute Gasteiger partial charge is 0.227 e. The maximum atomic E-state index is 12.9. The van der Waals surface area contributed by atoms with Gasteiger partial charge in [0.1, 0.15) is 11.6 Å². The molecule has 1 aromatic carbocycles. The van der Waals surface area contributed by atoms with Crippen molar-refractivity contribution in [2.75, 3.05) is 11.9 Å². The molecule has 2 aromatic heterocycles. The lowest BCUT2D eigenvalue weighted by atomic mass is 10.2. The van der Waals surface area contributed by atoms with Crippen molar-refractivity contribution in [3.63, 3.8) is 0 Å². The van der Waals surface area contributed by atoms with Crippen LogP contribution in [0.15, 0.2) is 51.6 Å². The Morgan fingerprint density at radius 1 is 1.13 bits per heavy atom. The van der Waals surface area contributed by atoms with E-state index in [0.717, 1.165) is 28.8 Å². The number of aromatic nitrogens is 3. The second kappa shape index (κ2) is 7.32. The summed E-state index contributed by atoms with van der Waals surface area (Å²) in [4.78, 5) is 8.55. The summed E-state index contributed by atoms with van der Waals surface area (Å²) < 4.78 is 19.1. The van der Waals surface area contributed by atoms with Gasteiger partial charge in [-0.05, 0) is 58.7 Å². The van der Waals surface area contributed by atoms with E-state index in [0.29, 0.717) is 18.1 Å². The summed E-state index contributed by atoms with van der Waals surface area (Å²) >= 11 is 3.34. The zero-order valence-corrected chi connectivity index (χ0v) is 13.8. The van der Waals surface area contributed by atoms with Crippen molar-refractivity contribution >= 4 is 21.7 Å². The van der Waals surface area contributed by atoms with Crippen molar-refractivity contribution in [1.82, 2.24) is 15.1 Å². The number of nitrogens with zero attached hydrogens (tertiary/aromatic N) is 3. The molecule has 0 unspecified atom stereocenters. The Morgan fingerprint density at radius 2 is 1.96 bits per heavy atom. The number of halogens is 2. The van der Waals surface area contributed by atoms with Crippen LogP contribution in [0, 0.1) is 5.82 Å². The van der Waals surface area contributed by atoms with Crippen LogP contribution in [0.3, 0.4) is 0 Å². The Morgan fingerprint density at radius 3 is 2.70 bits per heavy atom. The van der Waals surface area contributed by atoms with Crippen LogP contribution >= 0.6 is 15.9 Å². The fraction of sp³-hybridized carbons (Fsp3) is 0.188. The Hall–Kier alpha value is -2.28. The normalized spacial score (nSPS) is 10.7. The van der Waals surface area contributed by atoms with Crippen LogP contribution in [0.1, 0.15) is 12.3 Å². The van der Waals surface area contributed by atoms with E-state index in [1.165, 1.54) is 12.1 Å². The molecule has 0 fully saturated rings. The van der Waals surface area contributed by atoms with Crippen LogP contribution < -0.4 is 5.32 Å². The van der Waals surface area contributed by atoms with Crippen LogP contribution in [0.5, 0.6) is 0 Å². The molecule has 118 valence electrons. The summed E-state index contributed by atoms with van der Waals surface area (Å²) in [5, 5.41) is 7.14. The van der Waals surface area contributed by atoms with Gasteiger partial charge in [0.05, 0.1) is 0 Å². The van der Waals surface area contributed by atoms with Crippen LogP contribution in [-0.4, -0.2) is 21.7 Å². The second-order valence-corrected chi connectivity index (χ2v) is 5.83. The van der Waals surface area contributed by atoms with Crippen molar-refractivity contribution in [2.45, 2.75) is 12.8 Å². The fourth-order valence-corrected chi connectivity index (χ4v) is 2.24. The third-order valence-electron chi connectivity index (χ3n) is 3.17. The molecule has 3 rings (SSSR count). The van der Waals surface area contributed by atoms with E-state index >= 15 is 0 Å². The first-order valence-corrected chi connectivity index (χ1v) is 7.94. The zero-order chi connectivity index (χ0) is 16.1. The molecule has 2 heterocycles. The van der Waals surface area contributed by atoms with Gasteiger partial charge in [0.2, 0.25) is 11.7 Å². The third-order valence-corrected chi connectivity index (χ3v) is 3.64. The van der Waals surface area contributed by atoms with Gasteiger partial charge < -0.3 is 9.84 Å². The summed E-state index contributed by atoms with van der Waals surface area (Å²) in [5.74, 6) is 1.58. The van der Waals surface area contributed by atoms with E-state index in [2.05, 4.69) is 36.4 Å². The first-order chi connectivity index (χ1) is 11.2. The van der Waals surface area contributed by atoms with Gasteiger partial charge in [-0.15, -0.1) is 0 Å². The van der Waals surface area contributed by atoms with E-state index < -0.39 is 0 Å². The molecule has 0 radical (unpaired) electrons. The second-order valence-electron chi connectivity index (χ2n) is 4.91. The van der Waals surface area contributed by atoms with Gasteiger partial charge in [-0.25, -0.2) is 9.37 Å². The van der Waals surface area contributed by atoms with Crippen LogP contribution in [0.25, 0.3) is 11.4 Å². The minimum absolute atomic E-state index is 0.287.